The molecule has 0 aromatic carbocycles. The zero-order chi connectivity index (χ0) is 25.0. The minimum atomic E-state index is 0.365. The average molecular weight is 480 g/mol. The van der Waals surface area contributed by atoms with Crippen LogP contribution in [-0.4, -0.2) is 51.5 Å². The van der Waals surface area contributed by atoms with E-state index >= 15 is 0 Å². The van der Waals surface area contributed by atoms with Gasteiger partial charge in [0.2, 0.25) is 0 Å². The summed E-state index contributed by atoms with van der Waals surface area (Å²) in [5.41, 5.74) is 0. The monoisotopic (exact) mass is 479 g/mol. The van der Waals surface area contributed by atoms with E-state index in [4.69, 9.17) is 9.47 Å². The number of likely N-dealkylation sites (N-methyl/N-ethyl adjacent to an activating group) is 1. The molecule has 0 N–H and O–H groups in total. The maximum Gasteiger partial charge on any atom is 0.0644 e. The van der Waals surface area contributed by atoms with Crippen LogP contribution in [0.3, 0.4) is 0 Å². The van der Waals surface area contributed by atoms with Gasteiger partial charge in [-0.2, -0.15) is 0 Å². The Labute approximate surface area is 214 Å². The highest BCUT2D eigenvalue weighted by Gasteiger charge is 2.11. The van der Waals surface area contributed by atoms with Gasteiger partial charge >= 0.3 is 0 Å². The normalized spacial score (nSPS) is 13.1. The highest BCUT2D eigenvalue weighted by Crippen LogP contribution is 2.09. The van der Waals surface area contributed by atoms with Gasteiger partial charge in [-0.15, -0.1) is 0 Å². The molecule has 0 bridgehead atoms. The third-order valence-electron chi connectivity index (χ3n) is 6.48. The van der Waals surface area contributed by atoms with Gasteiger partial charge in [-0.05, 0) is 59.0 Å². The summed E-state index contributed by atoms with van der Waals surface area (Å²) in [6, 6.07) is 0.365. The fraction of sp³-hybridized carbons (Fsp3) is 0.871. The van der Waals surface area contributed by atoms with Crippen molar-refractivity contribution in [2.75, 3.05) is 40.5 Å². The number of unbranched alkanes of at least 4 members (excludes halogenated alkanes) is 14. The van der Waals surface area contributed by atoms with E-state index < -0.39 is 0 Å². The first-order valence-electron chi connectivity index (χ1n) is 14.8. The molecule has 0 radical (unpaired) electrons. The lowest BCUT2D eigenvalue weighted by Gasteiger charge is -2.24. The molecule has 0 heterocycles. The molecule has 0 saturated heterocycles. The Morgan fingerprint density at radius 2 is 0.941 bits per heavy atom. The highest BCUT2D eigenvalue weighted by molar-refractivity contribution is 4.92. The van der Waals surface area contributed by atoms with Crippen LogP contribution in [0.1, 0.15) is 129 Å². The van der Waals surface area contributed by atoms with Crippen molar-refractivity contribution < 1.29 is 9.47 Å². The first kappa shape index (κ1) is 33.4. The van der Waals surface area contributed by atoms with Gasteiger partial charge in [-0.1, -0.05) is 109 Å². The largest absolute Gasteiger partial charge is 0.380 e. The van der Waals surface area contributed by atoms with Gasteiger partial charge in [-0.3, -0.25) is 0 Å². The number of ether oxygens (including phenoxy) is 2. The van der Waals surface area contributed by atoms with Gasteiger partial charge in [-0.25, -0.2) is 0 Å². The average Bonchev–Trinajstić information content (AvgIpc) is 2.83. The van der Waals surface area contributed by atoms with Crippen LogP contribution in [-0.2, 0) is 9.47 Å². The number of hydrogen-bond donors (Lipinski definition) is 0. The third-order valence-corrected chi connectivity index (χ3v) is 6.48. The second kappa shape index (κ2) is 28.6. The van der Waals surface area contributed by atoms with Gasteiger partial charge in [0.25, 0.3) is 0 Å². The molecule has 0 unspecified atom stereocenters. The molecular weight excluding hydrogens is 418 g/mol. The van der Waals surface area contributed by atoms with Crippen LogP contribution in [0.25, 0.3) is 0 Å². The van der Waals surface area contributed by atoms with Crippen LogP contribution in [0.2, 0.25) is 0 Å². The van der Waals surface area contributed by atoms with E-state index in [0.29, 0.717) is 6.04 Å². The van der Waals surface area contributed by atoms with Crippen LogP contribution >= 0.6 is 0 Å². The molecule has 0 fully saturated rings. The lowest BCUT2D eigenvalue weighted by Crippen LogP contribution is -2.37. The Kier molecular flexibility index (Phi) is 28.1. The van der Waals surface area contributed by atoms with Crippen LogP contribution in [0.4, 0.5) is 0 Å². The lowest BCUT2D eigenvalue weighted by molar-refractivity contribution is 0.0197. The molecule has 202 valence electrons. The third kappa shape index (κ3) is 26.0. The molecular formula is C31H61NO2. The molecule has 0 aromatic rings. The molecule has 3 nitrogen and oxygen atoms in total. The zero-order valence-corrected chi connectivity index (χ0v) is 23.7. The van der Waals surface area contributed by atoms with Crippen LogP contribution in [0.15, 0.2) is 24.3 Å². The topological polar surface area (TPSA) is 21.7 Å². The standard InChI is InChI=1S/C31H61NO2/c1-5-7-9-11-13-14-15-16-17-18-19-20-21-22-24-26-28-34-30-31(32(3)4)29-33-27-25-23-12-10-8-6-2/h13-14,16-17,31H,5-12,15,18-30H2,1-4H3/b14-13-,17-16-/t31-/m1/s1. The zero-order valence-electron chi connectivity index (χ0n) is 23.7. The van der Waals surface area contributed by atoms with E-state index in [-0.39, 0.29) is 0 Å². The van der Waals surface area contributed by atoms with E-state index in [2.05, 4.69) is 57.1 Å². The van der Waals surface area contributed by atoms with Gasteiger partial charge in [0, 0.05) is 13.2 Å². The molecule has 0 aliphatic heterocycles. The van der Waals surface area contributed by atoms with Crippen molar-refractivity contribution in [3.63, 3.8) is 0 Å². The summed E-state index contributed by atoms with van der Waals surface area (Å²) >= 11 is 0. The fourth-order valence-electron chi connectivity index (χ4n) is 3.96. The predicted molar refractivity (Wildman–Crippen MR) is 152 cm³/mol. The Bertz CT molecular complexity index is 433. The lowest BCUT2D eigenvalue weighted by atomic mass is 10.1. The minimum Gasteiger partial charge on any atom is -0.380 e. The Morgan fingerprint density at radius 1 is 0.529 bits per heavy atom. The molecule has 0 aromatic heterocycles. The molecule has 0 spiro atoms. The highest BCUT2D eigenvalue weighted by atomic mass is 16.5. The van der Waals surface area contributed by atoms with E-state index in [9.17, 15) is 0 Å². The molecule has 1 atom stereocenters. The molecule has 0 aliphatic carbocycles. The van der Waals surface area contributed by atoms with Gasteiger partial charge in [0.15, 0.2) is 0 Å². The maximum atomic E-state index is 5.96. The van der Waals surface area contributed by atoms with Crippen molar-refractivity contribution in [1.29, 1.82) is 0 Å². The van der Waals surface area contributed by atoms with Gasteiger partial charge in [0.1, 0.15) is 0 Å². The van der Waals surface area contributed by atoms with E-state index in [1.807, 2.05) is 0 Å². The number of allylic oxidation sites excluding steroid dienone is 4. The predicted octanol–water partition coefficient (Wildman–Crippen LogP) is 9.12. The van der Waals surface area contributed by atoms with E-state index in [1.54, 1.807) is 0 Å². The smallest absolute Gasteiger partial charge is 0.0644 e. The van der Waals surface area contributed by atoms with Crippen molar-refractivity contribution in [3.05, 3.63) is 24.3 Å². The summed E-state index contributed by atoms with van der Waals surface area (Å²) in [7, 11) is 4.26. The van der Waals surface area contributed by atoms with Crippen molar-refractivity contribution in [2.24, 2.45) is 0 Å². The van der Waals surface area contributed by atoms with Crippen molar-refractivity contribution in [3.8, 4) is 0 Å². The second-order valence-corrected chi connectivity index (χ2v) is 10.1. The maximum absolute atomic E-state index is 5.96. The first-order valence-corrected chi connectivity index (χ1v) is 14.8. The summed E-state index contributed by atoms with van der Waals surface area (Å²) in [5.74, 6) is 0. The summed E-state index contributed by atoms with van der Waals surface area (Å²) in [5, 5.41) is 0. The van der Waals surface area contributed by atoms with Crippen LogP contribution in [0.5, 0.6) is 0 Å². The van der Waals surface area contributed by atoms with Gasteiger partial charge in [0.05, 0.1) is 19.3 Å². The Morgan fingerprint density at radius 3 is 1.44 bits per heavy atom. The molecule has 0 aliphatic rings. The van der Waals surface area contributed by atoms with Gasteiger partial charge < -0.3 is 14.4 Å². The molecule has 0 saturated carbocycles. The summed E-state index contributed by atoms with van der Waals surface area (Å²) in [4.78, 5) is 2.24. The summed E-state index contributed by atoms with van der Waals surface area (Å²) < 4.78 is 11.9. The summed E-state index contributed by atoms with van der Waals surface area (Å²) in [6.45, 7) is 7.87. The van der Waals surface area contributed by atoms with Crippen molar-refractivity contribution >= 4 is 0 Å². The first-order chi connectivity index (χ1) is 16.7. The quantitative estimate of drug-likeness (QED) is 0.0865. The number of hydrogen-bond acceptors (Lipinski definition) is 3. The Hall–Kier alpha value is -0.640. The fourth-order valence-corrected chi connectivity index (χ4v) is 3.96. The minimum absolute atomic E-state index is 0.365. The van der Waals surface area contributed by atoms with Crippen LogP contribution < -0.4 is 0 Å². The van der Waals surface area contributed by atoms with E-state index in [0.717, 1.165) is 32.8 Å². The summed E-state index contributed by atoms with van der Waals surface area (Å²) in [6.07, 6.45) is 32.7. The van der Waals surface area contributed by atoms with Crippen LogP contribution in [0, 0.1) is 0 Å². The molecule has 0 rings (SSSR count). The number of nitrogens with zero attached hydrogens (tertiary/aromatic N) is 1. The SMILES string of the molecule is CCCCC/C=C\C/C=C\CCCCCCCCOC[C@@H](COCCCCCCCC)N(C)C. The number of rotatable bonds is 27. The molecule has 34 heavy (non-hydrogen) atoms. The van der Waals surface area contributed by atoms with Crippen molar-refractivity contribution in [2.45, 2.75) is 135 Å². The Balaban J connectivity index is 3.44. The second-order valence-electron chi connectivity index (χ2n) is 10.1. The van der Waals surface area contributed by atoms with E-state index in [1.165, 1.54) is 109 Å². The van der Waals surface area contributed by atoms with Crippen molar-refractivity contribution in [1.82, 2.24) is 4.90 Å². The molecule has 0 amide bonds. The molecule has 3 heteroatoms.